The van der Waals surface area contributed by atoms with Gasteiger partial charge in [-0.2, -0.15) is 0 Å². The van der Waals surface area contributed by atoms with Crippen molar-refractivity contribution >= 4 is 21.5 Å². The van der Waals surface area contributed by atoms with Crippen molar-refractivity contribution in [2.45, 2.75) is 25.3 Å². The Kier molecular flexibility index (Phi) is 3.39. The van der Waals surface area contributed by atoms with E-state index in [-0.39, 0.29) is 0 Å². The van der Waals surface area contributed by atoms with Crippen molar-refractivity contribution in [2.24, 2.45) is 5.92 Å². The molecule has 0 spiro atoms. The average molecular weight is 309 g/mol. The van der Waals surface area contributed by atoms with Crippen LogP contribution in [-0.4, -0.2) is 24.7 Å². The second-order valence-corrected chi connectivity index (χ2v) is 5.75. The third-order valence-electron chi connectivity index (χ3n) is 4.00. The fourth-order valence-corrected chi connectivity index (χ4v) is 3.32. The van der Waals surface area contributed by atoms with Crippen molar-refractivity contribution in [3.8, 4) is 5.75 Å². The van der Waals surface area contributed by atoms with Crippen molar-refractivity contribution < 1.29 is 4.74 Å². The smallest absolute Gasteiger partial charge is 0.152 e. The van der Waals surface area contributed by atoms with Crippen LogP contribution >= 0.6 is 15.9 Å². The van der Waals surface area contributed by atoms with Crippen LogP contribution < -0.4 is 10.1 Å². The number of halogens is 1. The number of methoxy groups -OCH3 is 1. The molecule has 0 saturated carbocycles. The SMILES string of the molecule is COc1cc(C2=CC[C@@H]3CCN[C@@H]3C2)cnc1Br. The molecule has 1 N–H and O–H groups in total. The minimum absolute atomic E-state index is 0.652. The number of fused-ring (bicyclic) bond motifs is 1. The Hall–Kier alpha value is -0.870. The first kappa shape index (κ1) is 12.2. The summed E-state index contributed by atoms with van der Waals surface area (Å²) in [6, 6.07) is 2.72. The van der Waals surface area contributed by atoms with Crippen LogP contribution in [0.15, 0.2) is 22.9 Å². The minimum Gasteiger partial charge on any atom is -0.494 e. The van der Waals surface area contributed by atoms with Crippen LogP contribution in [-0.2, 0) is 0 Å². The van der Waals surface area contributed by atoms with E-state index in [0.717, 1.165) is 22.7 Å². The first-order valence-electron chi connectivity index (χ1n) is 6.40. The normalized spacial score (nSPS) is 26.7. The Bertz CT molecular complexity index is 487. The number of nitrogens with zero attached hydrogens (tertiary/aromatic N) is 1. The number of hydrogen-bond donors (Lipinski definition) is 1. The number of allylic oxidation sites excluding steroid dienone is 1. The first-order chi connectivity index (χ1) is 8.78. The zero-order chi connectivity index (χ0) is 12.5. The van der Waals surface area contributed by atoms with Crippen molar-refractivity contribution in [1.82, 2.24) is 10.3 Å². The quantitative estimate of drug-likeness (QED) is 0.853. The summed E-state index contributed by atoms with van der Waals surface area (Å²) in [4.78, 5) is 4.34. The molecule has 1 aliphatic carbocycles. The Balaban J connectivity index is 1.86. The van der Waals surface area contributed by atoms with E-state index in [1.165, 1.54) is 30.5 Å². The van der Waals surface area contributed by atoms with Gasteiger partial charge in [-0.05, 0) is 64.9 Å². The lowest BCUT2D eigenvalue weighted by Gasteiger charge is -2.25. The van der Waals surface area contributed by atoms with Crippen molar-refractivity contribution in [2.75, 3.05) is 13.7 Å². The van der Waals surface area contributed by atoms with Gasteiger partial charge in [0.15, 0.2) is 5.75 Å². The maximum Gasteiger partial charge on any atom is 0.152 e. The lowest BCUT2D eigenvalue weighted by Crippen LogP contribution is -2.29. The van der Waals surface area contributed by atoms with Gasteiger partial charge in [0.05, 0.1) is 7.11 Å². The van der Waals surface area contributed by atoms with E-state index in [0.29, 0.717) is 6.04 Å². The van der Waals surface area contributed by atoms with Crippen molar-refractivity contribution in [3.63, 3.8) is 0 Å². The molecule has 1 saturated heterocycles. The lowest BCUT2D eigenvalue weighted by atomic mass is 9.84. The molecule has 2 aliphatic rings. The molecule has 2 heterocycles. The van der Waals surface area contributed by atoms with Crippen LogP contribution in [0.25, 0.3) is 5.57 Å². The highest BCUT2D eigenvalue weighted by Gasteiger charge is 2.30. The molecule has 3 rings (SSSR count). The molecule has 18 heavy (non-hydrogen) atoms. The average Bonchev–Trinajstić information content (AvgIpc) is 2.86. The highest BCUT2D eigenvalue weighted by molar-refractivity contribution is 9.10. The molecule has 1 aliphatic heterocycles. The largest absolute Gasteiger partial charge is 0.494 e. The van der Waals surface area contributed by atoms with E-state index in [1.807, 2.05) is 6.20 Å². The van der Waals surface area contributed by atoms with Gasteiger partial charge in [-0.15, -0.1) is 0 Å². The molecule has 0 bridgehead atoms. The van der Waals surface area contributed by atoms with Crippen LogP contribution in [0.2, 0.25) is 0 Å². The highest BCUT2D eigenvalue weighted by atomic mass is 79.9. The van der Waals surface area contributed by atoms with Gasteiger partial charge in [-0.25, -0.2) is 4.98 Å². The van der Waals surface area contributed by atoms with E-state index in [1.54, 1.807) is 7.11 Å². The fraction of sp³-hybridized carbons (Fsp3) is 0.500. The van der Waals surface area contributed by atoms with Gasteiger partial charge < -0.3 is 10.1 Å². The van der Waals surface area contributed by atoms with E-state index < -0.39 is 0 Å². The minimum atomic E-state index is 0.652. The molecule has 0 radical (unpaired) electrons. The summed E-state index contributed by atoms with van der Waals surface area (Å²) < 4.78 is 6.08. The van der Waals surface area contributed by atoms with E-state index in [4.69, 9.17) is 4.74 Å². The van der Waals surface area contributed by atoms with Gasteiger partial charge in [-0.3, -0.25) is 0 Å². The van der Waals surface area contributed by atoms with Gasteiger partial charge in [0.1, 0.15) is 4.60 Å². The molecule has 0 unspecified atom stereocenters. The second-order valence-electron chi connectivity index (χ2n) is 5.00. The van der Waals surface area contributed by atoms with E-state index in [9.17, 15) is 0 Å². The summed E-state index contributed by atoms with van der Waals surface area (Å²) in [5.41, 5.74) is 2.58. The molecule has 0 amide bonds. The maximum atomic E-state index is 5.31. The zero-order valence-electron chi connectivity index (χ0n) is 10.4. The molecular formula is C14H17BrN2O. The summed E-state index contributed by atoms with van der Waals surface area (Å²) in [5.74, 6) is 1.63. The lowest BCUT2D eigenvalue weighted by molar-refractivity contribution is 0.409. The molecular weight excluding hydrogens is 292 g/mol. The molecule has 1 fully saturated rings. The van der Waals surface area contributed by atoms with Gasteiger partial charge in [-0.1, -0.05) is 6.08 Å². The molecule has 2 atom stereocenters. The van der Waals surface area contributed by atoms with Crippen LogP contribution in [0.3, 0.4) is 0 Å². The summed E-state index contributed by atoms with van der Waals surface area (Å²) >= 11 is 3.39. The predicted octanol–water partition coefficient (Wildman–Crippen LogP) is 3.01. The van der Waals surface area contributed by atoms with Crippen LogP contribution in [0.4, 0.5) is 0 Å². The first-order valence-corrected chi connectivity index (χ1v) is 7.19. The number of nitrogens with one attached hydrogen (secondary N) is 1. The van der Waals surface area contributed by atoms with E-state index >= 15 is 0 Å². The number of ether oxygens (including phenoxy) is 1. The molecule has 96 valence electrons. The highest BCUT2D eigenvalue weighted by Crippen LogP contribution is 2.36. The van der Waals surface area contributed by atoms with Crippen molar-refractivity contribution in [1.29, 1.82) is 0 Å². The monoisotopic (exact) mass is 308 g/mol. The van der Waals surface area contributed by atoms with Gasteiger partial charge in [0, 0.05) is 12.2 Å². The summed E-state index contributed by atoms with van der Waals surface area (Å²) in [5, 5.41) is 3.60. The number of aromatic nitrogens is 1. The Morgan fingerprint density at radius 2 is 2.39 bits per heavy atom. The van der Waals surface area contributed by atoms with Crippen LogP contribution in [0.1, 0.15) is 24.8 Å². The molecule has 4 heteroatoms. The van der Waals surface area contributed by atoms with Crippen LogP contribution in [0, 0.1) is 5.92 Å². The second kappa shape index (κ2) is 5.02. The predicted molar refractivity (Wildman–Crippen MR) is 75.6 cm³/mol. The van der Waals surface area contributed by atoms with Crippen LogP contribution in [0.5, 0.6) is 5.75 Å². The number of pyridine rings is 1. The Morgan fingerprint density at radius 1 is 1.50 bits per heavy atom. The summed E-state index contributed by atoms with van der Waals surface area (Å²) in [6.45, 7) is 1.17. The van der Waals surface area contributed by atoms with Gasteiger partial charge in [0.25, 0.3) is 0 Å². The topological polar surface area (TPSA) is 34.1 Å². The summed E-state index contributed by atoms with van der Waals surface area (Å²) in [6.07, 6.45) is 7.91. The van der Waals surface area contributed by atoms with Gasteiger partial charge >= 0.3 is 0 Å². The Labute approximate surface area is 116 Å². The van der Waals surface area contributed by atoms with E-state index in [2.05, 4.69) is 38.4 Å². The Morgan fingerprint density at radius 3 is 3.22 bits per heavy atom. The fourth-order valence-electron chi connectivity index (χ4n) is 2.94. The zero-order valence-corrected chi connectivity index (χ0v) is 12.0. The number of rotatable bonds is 2. The molecule has 3 nitrogen and oxygen atoms in total. The van der Waals surface area contributed by atoms with Crippen molar-refractivity contribution in [3.05, 3.63) is 28.5 Å². The summed E-state index contributed by atoms with van der Waals surface area (Å²) in [7, 11) is 1.68. The maximum absolute atomic E-state index is 5.31. The molecule has 1 aromatic rings. The third-order valence-corrected chi connectivity index (χ3v) is 4.59. The number of hydrogen-bond acceptors (Lipinski definition) is 3. The molecule has 1 aromatic heterocycles. The van der Waals surface area contributed by atoms with Gasteiger partial charge in [0.2, 0.25) is 0 Å². The standard InChI is InChI=1S/C14H17BrN2O/c1-18-13-7-11(8-17-14(13)15)10-3-2-9-4-5-16-12(9)6-10/h3,7-9,12,16H,2,4-6H2,1H3/t9-,12-/m1/s1. The third kappa shape index (κ3) is 2.19. The molecule has 0 aromatic carbocycles.